The molecule has 0 spiro atoms. The van der Waals surface area contributed by atoms with Crippen LogP contribution in [0.15, 0.2) is 54.6 Å². The highest BCUT2D eigenvalue weighted by Crippen LogP contribution is 2.29. The van der Waals surface area contributed by atoms with E-state index >= 15 is 0 Å². The number of hydrogen-bond donors (Lipinski definition) is 2. The SMILES string of the molecule is O[C@@H](CNC1CCCC1)COc1ccccc1-c1ccccc1. The van der Waals surface area contributed by atoms with Gasteiger partial charge in [-0.3, -0.25) is 0 Å². The van der Waals surface area contributed by atoms with Crippen molar-refractivity contribution in [3.63, 3.8) is 0 Å². The van der Waals surface area contributed by atoms with E-state index in [1.165, 1.54) is 25.7 Å². The highest BCUT2D eigenvalue weighted by Gasteiger charge is 2.16. The van der Waals surface area contributed by atoms with Crippen molar-refractivity contribution >= 4 is 0 Å². The molecule has 0 aliphatic heterocycles. The third-order valence-electron chi connectivity index (χ3n) is 4.40. The molecular weight excluding hydrogens is 286 g/mol. The fourth-order valence-corrected chi connectivity index (χ4v) is 3.13. The maximum atomic E-state index is 10.1. The van der Waals surface area contributed by atoms with E-state index in [0.717, 1.165) is 16.9 Å². The number of para-hydroxylation sites is 1. The van der Waals surface area contributed by atoms with Crippen LogP contribution >= 0.6 is 0 Å². The Bertz CT molecular complexity index is 594. The minimum atomic E-state index is -0.487. The summed E-state index contributed by atoms with van der Waals surface area (Å²) < 4.78 is 5.88. The largest absolute Gasteiger partial charge is 0.490 e. The molecule has 1 fully saturated rings. The van der Waals surface area contributed by atoms with Gasteiger partial charge in [0.2, 0.25) is 0 Å². The lowest BCUT2D eigenvalue weighted by molar-refractivity contribution is 0.104. The molecule has 3 heteroatoms. The smallest absolute Gasteiger partial charge is 0.127 e. The van der Waals surface area contributed by atoms with E-state index in [4.69, 9.17) is 4.74 Å². The Balaban J connectivity index is 1.55. The number of hydrogen-bond acceptors (Lipinski definition) is 3. The van der Waals surface area contributed by atoms with Crippen molar-refractivity contribution in [1.29, 1.82) is 0 Å². The maximum Gasteiger partial charge on any atom is 0.127 e. The zero-order valence-electron chi connectivity index (χ0n) is 13.4. The summed E-state index contributed by atoms with van der Waals surface area (Å²) in [6.45, 7) is 0.905. The molecule has 1 atom stereocenters. The van der Waals surface area contributed by atoms with Gasteiger partial charge in [-0.1, -0.05) is 61.4 Å². The molecule has 122 valence electrons. The molecule has 0 amide bonds. The molecule has 2 N–H and O–H groups in total. The fraction of sp³-hybridized carbons (Fsp3) is 0.400. The molecule has 1 saturated carbocycles. The zero-order chi connectivity index (χ0) is 15.9. The van der Waals surface area contributed by atoms with Crippen LogP contribution in [-0.4, -0.2) is 30.4 Å². The van der Waals surface area contributed by atoms with Gasteiger partial charge in [-0.05, 0) is 24.5 Å². The van der Waals surface area contributed by atoms with Crippen LogP contribution in [-0.2, 0) is 0 Å². The van der Waals surface area contributed by atoms with Gasteiger partial charge in [0.1, 0.15) is 18.5 Å². The van der Waals surface area contributed by atoms with Gasteiger partial charge in [0, 0.05) is 18.2 Å². The van der Waals surface area contributed by atoms with E-state index in [-0.39, 0.29) is 0 Å². The summed E-state index contributed by atoms with van der Waals surface area (Å²) in [6, 6.07) is 18.7. The van der Waals surface area contributed by atoms with E-state index in [9.17, 15) is 5.11 Å². The van der Waals surface area contributed by atoms with Gasteiger partial charge < -0.3 is 15.2 Å². The molecule has 23 heavy (non-hydrogen) atoms. The summed E-state index contributed by atoms with van der Waals surface area (Å²) in [5.74, 6) is 0.818. The predicted octanol–water partition coefficient (Wildman–Crippen LogP) is 3.63. The standard InChI is InChI=1S/C20H25NO2/c22-18(14-21-17-10-4-5-11-17)15-23-20-13-7-6-12-19(20)16-8-2-1-3-9-16/h1-3,6-9,12-13,17-18,21-22H,4-5,10-11,14-15H2/t18-/m0/s1. The molecule has 1 aliphatic rings. The van der Waals surface area contributed by atoms with Crippen LogP contribution in [0.3, 0.4) is 0 Å². The summed E-state index contributed by atoms with van der Waals surface area (Å²) in [4.78, 5) is 0. The monoisotopic (exact) mass is 311 g/mol. The first kappa shape index (κ1) is 16.0. The van der Waals surface area contributed by atoms with E-state index in [1.54, 1.807) is 0 Å². The minimum Gasteiger partial charge on any atom is -0.490 e. The molecule has 0 heterocycles. The normalized spacial score (nSPS) is 16.4. The molecule has 0 unspecified atom stereocenters. The van der Waals surface area contributed by atoms with Crippen molar-refractivity contribution < 1.29 is 9.84 Å². The van der Waals surface area contributed by atoms with E-state index in [0.29, 0.717) is 19.2 Å². The average molecular weight is 311 g/mol. The van der Waals surface area contributed by atoms with E-state index in [2.05, 4.69) is 17.4 Å². The number of aliphatic hydroxyl groups excluding tert-OH is 1. The second-order valence-corrected chi connectivity index (χ2v) is 6.22. The molecule has 2 aromatic rings. The summed E-state index contributed by atoms with van der Waals surface area (Å²) >= 11 is 0. The highest BCUT2D eigenvalue weighted by molar-refractivity contribution is 5.70. The third kappa shape index (κ3) is 4.57. The van der Waals surface area contributed by atoms with Crippen molar-refractivity contribution in [2.24, 2.45) is 0 Å². The molecule has 2 aromatic carbocycles. The van der Waals surface area contributed by atoms with Crippen LogP contribution in [0.5, 0.6) is 5.75 Å². The number of aliphatic hydroxyl groups is 1. The Morgan fingerprint density at radius 2 is 1.70 bits per heavy atom. The van der Waals surface area contributed by atoms with Gasteiger partial charge >= 0.3 is 0 Å². The van der Waals surface area contributed by atoms with Crippen LogP contribution in [0.1, 0.15) is 25.7 Å². The van der Waals surface area contributed by atoms with Crippen LogP contribution in [0.25, 0.3) is 11.1 Å². The Kier molecular flexibility index (Phi) is 5.67. The van der Waals surface area contributed by atoms with Gasteiger partial charge in [-0.25, -0.2) is 0 Å². The Hall–Kier alpha value is -1.84. The Morgan fingerprint density at radius 1 is 1.00 bits per heavy atom. The van der Waals surface area contributed by atoms with Crippen LogP contribution in [0.4, 0.5) is 0 Å². The lowest BCUT2D eigenvalue weighted by atomic mass is 10.1. The quantitative estimate of drug-likeness (QED) is 0.820. The zero-order valence-corrected chi connectivity index (χ0v) is 13.4. The van der Waals surface area contributed by atoms with Crippen molar-refractivity contribution in [3.8, 4) is 16.9 Å². The lowest BCUT2D eigenvalue weighted by Crippen LogP contribution is -2.36. The van der Waals surface area contributed by atoms with Crippen molar-refractivity contribution in [3.05, 3.63) is 54.6 Å². The number of nitrogens with one attached hydrogen (secondary N) is 1. The Morgan fingerprint density at radius 3 is 2.48 bits per heavy atom. The van der Waals surface area contributed by atoms with Gasteiger partial charge in [0.05, 0.1) is 0 Å². The number of rotatable bonds is 7. The predicted molar refractivity (Wildman–Crippen MR) is 93.6 cm³/mol. The average Bonchev–Trinajstić information content (AvgIpc) is 3.13. The molecule has 0 aromatic heterocycles. The van der Waals surface area contributed by atoms with Crippen LogP contribution in [0.2, 0.25) is 0 Å². The maximum absolute atomic E-state index is 10.1. The molecule has 1 aliphatic carbocycles. The van der Waals surface area contributed by atoms with Gasteiger partial charge in [0.25, 0.3) is 0 Å². The van der Waals surface area contributed by atoms with Gasteiger partial charge in [-0.2, -0.15) is 0 Å². The first-order valence-electron chi connectivity index (χ1n) is 8.51. The molecule has 0 bridgehead atoms. The number of ether oxygens (including phenoxy) is 1. The summed E-state index contributed by atoms with van der Waals surface area (Å²) in [5, 5.41) is 13.6. The van der Waals surface area contributed by atoms with Gasteiger partial charge in [0.15, 0.2) is 0 Å². The third-order valence-corrected chi connectivity index (χ3v) is 4.40. The molecular formula is C20H25NO2. The van der Waals surface area contributed by atoms with Crippen LogP contribution in [0, 0.1) is 0 Å². The Labute approximate surface area is 138 Å². The first-order chi connectivity index (χ1) is 11.3. The summed E-state index contributed by atoms with van der Waals surface area (Å²) in [7, 11) is 0. The lowest BCUT2D eigenvalue weighted by Gasteiger charge is -2.18. The van der Waals surface area contributed by atoms with Crippen molar-refractivity contribution in [2.75, 3.05) is 13.2 Å². The summed E-state index contributed by atoms with van der Waals surface area (Å²) in [5.41, 5.74) is 2.19. The van der Waals surface area contributed by atoms with Crippen LogP contribution < -0.4 is 10.1 Å². The second-order valence-electron chi connectivity index (χ2n) is 6.22. The number of benzene rings is 2. The topological polar surface area (TPSA) is 41.5 Å². The second kappa shape index (κ2) is 8.14. The van der Waals surface area contributed by atoms with Gasteiger partial charge in [-0.15, -0.1) is 0 Å². The highest BCUT2D eigenvalue weighted by atomic mass is 16.5. The van der Waals surface area contributed by atoms with Crippen molar-refractivity contribution in [1.82, 2.24) is 5.32 Å². The molecule has 0 saturated heterocycles. The molecule has 0 radical (unpaired) electrons. The summed E-state index contributed by atoms with van der Waals surface area (Å²) in [6.07, 6.45) is 4.57. The molecule has 3 nitrogen and oxygen atoms in total. The van der Waals surface area contributed by atoms with E-state index < -0.39 is 6.10 Å². The fourth-order valence-electron chi connectivity index (χ4n) is 3.13. The van der Waals surface area contributed by atoms with Crippen molar-refractivity contribution in [2.45, 2.75) is 37.8 Å². The van der Waals surface area contributed by atoms with E-state index in [1.807, 2.05) is 42.5 Å². The molecule has 3 rings (SSSR count). The minimum absolute atomic E-state index is 0.309. The first-order valence-corrected chi connectivity index (χ1v) is 8.51.